The third-order valence-corrected chi connectivity index (χ3v) is 3.15. The lowest BCUT2D eigenvalue weighted by atomic mass is 10.3. The van der Waals surface area contributed by atoms with Crippen molar-refractivity contribution in [2.45, 2.75) is 12.6 Å². The van der Waals surface area contributed by atoms with Gasteiger partial charge in [0.1, 0.15) is 11.8 Å². The van der Waals surface area contributed by atoms with Gasteiger partial charge in [-0.05, 0) is 0 Å². The van der Waals surface area contributed by atoms with E-state index < -0.39 is 6.10 Å². The second kappa shape index (κ2) is 7.27. The maximum Gasteiger partial charge on any atom is 0.182 e. The molecular formula is C12H20N6O3. The molecule has 9 nitrogen and oxygen atoms in total. The third kappa shape index (κ3) is 3.85. The van der Waals surface area contributed by atoms with Crippen molar-refractivity contribution < 1.29 is 15.3 Å². The summed E-state index contributed by atoms with van der Waals surface area (Å²) in [5.74, 6) is 0.312. The normalized spacial score (nSPS) is 13.1. The molecule has 0 saturated heterocycles. The Hall–Kier alpha value is -1.81. The van der Waals surface area contributed by atoms with Crippen molar-refractivity contribution in [3.05, 3.63) is 12.7 Å². The number of rotatable bonds is 8. The summed E-state index contributed by atoms with van der Waals surface area (Å²) in [6.07, 6.45) is 2.21. The molecule has 5 N–H and O–H groups in total. The zero-order valence-electron chi connectivity index (χ0n) is 11.6. The number of anilines is 1. The van der Waals surface area contributed by atoms with Crippen molar-refractivity contribution >= 4 is 17.0 Å². The van der Waals surface area contributed by atoms with E-state index in [1.807, 2.05) is 0 Å². The number of hydrogen-bond donors (Lipinski definition) is 4. The van der Waals surface area contributed by atoms with Crippen LogP contribution in [0.25, 0.3) is 11.2 Å². The fourth-order valence-electron chi connectivity index (χ4n) is 2.23. The first-order chi connectivity index (χ1) is 10.2. The molecule has 1 atom stereocenters. The molecular weight excluding hydrogens is 276 g/mol. The highest BCUT2D eigenvalue weighted by Gasteiger charge is 2.15. The smallest absolute Gasteiger partial charge is 0.182 e. The summed E-state index contributed by atoms with van der Waals surface area (Å²) in [5, 5.41) is 28.1. The van der Waals surface area contributed by atoms with Gasteiger partial charge in [-0.1, -0.05) is 0 Å². The molecule has 2 rings (SSSR count). The van der Waals surface area contributed by atoms with Gasteiger partial charge in [-0.3, -0.25) is 4.90 Å². The number of fused-ring (bicyclic) bond motifs is 1. The molecule has 21 heavy (non-hydrogen) atoms. The average molecular weight is 296 g/mol. The van der Waals surface area contributed by atoms with Gasteiger partial charge in [-0.2, -0.15) is 0 Å². The Morgan fingerprint density at radius 2 is 1.90 bits per heavy atom. The van der Waals surface area contributed by atoms with Crippen LogP contribution >= 0.6 is 0 Å². The minimum atomic E-state index is -0.694. The van der Waals surface area contributed by atoms with Gasteiger partial charge in [0.05, 0.1) is 32.2 Å². The molecule has 0 aliphatic rings. The van der Waals surface area contributed by atoms with Gasteiger partial charge in [-0.25, -0.2) is 15.0 Å². The summed E-state index contributed by atoms with van der Waals surface area (Å²) in [6, 6.07) is 0. The molecule has 2 aromatic rings. The van der Waals surface area contributed by atoms with Crippen LogP contribution in [0.3, 0.4) is 0 Å². The standard InChI is InChI=1S/C12H20N6O3/c13-11-10-12(15-7-14-11)16-8-18(10)6-9(21)5-17(1-3-19)2-4-20/h7-9,19-21H,1-6H2,(H2,13,14,15)/t9-/m0/s1. The van der Waals surface area contributed by atoms with Crippen molar-refractivity contribution in [3.8, 4) is 0 Å². The number of aliphatic hydroxyl groups excluding tert-OH is 3. The van der Waals surface area contributed by atoms with E-state index in [-0.39, 0.29) is 19.8 Å². The zero-order chi connectivity index (χ0) is 15.2. The largest absolute Gasteiger partial charge is 0.395 e. The van der Waals surface area contributed by atoms with Gasteiger partial charge in [0.25, 0.3) is 0 Å². The van der Waals surface area contributed by atoms with Gasteiger partial charge in [-0.15, -0.1) is 0 Å². The zero-order valence-corrected chi connectivity index (χ0v) is 11.6. The second-order valence-corrected chi connectivity index (χ2v) is 4.73. The van der Waals surface area contributed by atoms with Crippen LogP contribution in [0.2, 0.25) is 0 Å². The van der Waals surface area contributed by atoms with Gasteiger partial charge >= 0.3 is 0 Å². The van der Waals surface area contributed by atoms with Crippen LogP contribution in [-0.2, 0) is 6.54 Å². The first-order valence-corrected chi connectivity index (χ1v) is 6.69. The monoisotopic (exact) mass is 296 g/mol. The number of nitrogens with two attached hydrogens (primary N) is 1. The van der Waals surface area contributed by atoms with Gasteiger partial charge in [0.15, 0.2) is 11.5 Å². The van der Waals surface area contributed by atoms with Crippen LogP contribution in [0.4, 0.5) is 5.82 Å². The molecule has 0 unspecified atom stereocenters. The van der Waals surface area contributed by atoms with E-state index in [4.69, 9.17) is 15.9 Å². The Bertz CT molecular complexity index is 569. The fourth-order valence-corrected chi connectivity index (χ4v) is 2.23. The fraction of sp³-hybridized carbons (Fsp3) is 0.583. The molecule has 9 heteroatoms. The van der Waals surface area contributed by atoms with Gasteiger partial charge in [0, 0.05) is 19.6 Å². The Kier molecular flexibility index (Phi) is 5.39. The first-order valence-electron chi connectivity index (χ1n) is 6.69. The number of nitrogen functional groups attached to an aromatic ring is 1. The second-order valence-electron chi connectivity index (χ2n) is 4.73. The predicted octanol–water partition coefficient (Wildman–Crippen LogP) is -1.94. The van der Waals surface area contributed by atoms with Crippen molar-refractivity contribution in [1.82, 2.24) is 24.4 Å². The predicted molar refractivity (Wildman–Crippen MR) is 76.4 cm³/mol. The van der Waals surface area contributed by atoms with E-state index >= 15 is 0 Å². The molecule has 2 heterocycles. The number of aromatic nitrogens is 4. The highest BCUT2D eigenvalue weighted by atomic mass is 16.3. The topological polar surface area (TPSA) is 134 Å². The summed E-state index contributed by atoms with van der Waals surface area (Å²) in [5.41, 5.74) is 6.88. The van der Waals surface area contributed by atoms with Gasteiger partial charge < -0.3 is 25.6 Å². The lowest BCUT2D eigenvalue weighted by Gasteiger charge is -2.23. The quantitative estimate of drug-likeness (QED) is 0.442. The Morgan fingerprint density at radius 1 is 1.19 bits per heavy atom. The summed E-state index contributed by atoms with van der Waals surface area (Å²) in [6.45, 7) is 1.35. The summed E-state index contributed by atoms with van der Waals surface area (Å²) < 4.78 is 1.70. The lowest BCUT2D eigenvalue weighted by molar-refractivity contribution is 0.0780. The minimum absolute atomic E-state index is 0.0263. The van der Waals surface area contributed by atoms with Crippen molar-refractivity contribution in [3.63, 3.8) is 0 Å². The Balaban J connectivity index is 2.05. The maximum atomic E-state index is 10.2. The summed E-state index contributed by atoms with van der Waals surface area (Å²) >= 11 is 0. The Labute approximate surface area is 121 Å². The van der Waals surface area contributed by atoms with Crippen LogP contribution in [0.15, 0.2) is 12.7 Å². The molecule has 0 spiro atoms. The molecule has 0 aliphatic carbocycles. The first kappa shape index (κ1) is 15.6. The van der Waals surface area contributed by atoms with Crippen molar-refractivity contribution in [2.75, 3.05) is 38.6 Å². The van der Waals surface area contributed by atoms with Crippen LogP contribution in [0, 0.1) is 0 Å². The highest BCUT2D eigenvalue weighted by molar-refractivity contribution is 5.81. The van der Waals surface area contributed by atoms with Crippen LogP contribution in [0.5, 0.6) is 0 Å². The van der Waals surface area contributed by atoms with E-state index in [0.717, 1.165) is 0 Å². The average Bonchev–Trinajstić information content (AvgIpc) is 2.84. The molecule has 0 saturated carbocycles. The molecule has 0 aromatic carbocycles. The highest BCUT2D eigenvalue weighted by Crippen LogP contribution is 2.15. The summed E-state index contributed by atoms with van der Waals surface area (Å²) in [7, 11) is 0. The molecule has 0 aliphatic heterocycles. The Morgan fingerprint density at radius 3 is 2.57 bits per heavy atom. The van der Waals surface area contributed by atoms with Crippen LogP contribution in [-0.4, -0.2) is 78.7 Å². The molecule has 2 aromatic heterocycles. The SMILES string of the molecule is Nc1ncnc2ncn(C[C@@H](O)CN(CCO)CCO)c12. The summed E-state index contributed by atoms with van der Waals surface area (Å²) in [4.78, 5) is 13.8. The molecule has 116 valence electrons. The number of nitrogens with zero attached hydrogens (tertiary/aromatic N) is 5. The molecule has 0 bridgehead atoms. The van der Waals surface area contributed by atoms with Crippen molar-refractivity contribution in [1.29, 1.82) is 0 Å². The lowest BCUT2D eigenvalue weighted by Crippen LogP contribution is -2.38. The minimum Gasteiger partial charge on any atom is -0.395 e. The van der Waals surface area contributed by atoms with E-state index in [1.165, 1.54) is 6.33 Å². The third-order valence-electron chi connectivity index (χ3n) is 3.15. The van der Waals surface area contributed by atoms with Crippen LogP contribution in [0.1, 0.15) is 0 Å². The number of imidazole rings is 1. The molecule has 0 radical (unpaired) electrons. The van der Waals surface area contributed by atoms with Gasteiger partial charge in [0.2, 0.25) is 0 Å². The van der Waals surface area contributed by atoms with E-state index in [1.54, 1.807) is 15.8 Å². The van der Waals surface area contributed by atoms with E-state index in [2.05, 4.69) is 15.0 Å². The molecule has 0 fully saturated rings. The van der Waals surface area contributed by atoms with Crippen molar-refractivity contribution in [2.24, 2.45) is 0 Å². The maximum absolute atomic E-state index is 10.2. The van der Waals surface area contributed by atoms with E-state index in [0.29, 0.717) is 36.6 Å². The van der Waals surface area contributed by atoms with Crippen LogP contribution < -0.4 is 5.73 Å². The molecule has 0 amide bonds. The number of hydrogen-bond acceptors (Lipinski definition) is 8. The van der Waals surface area contributed by atoms with E-state index in [9.17, 15) is 5.11 Å². The number of aliphatic hydroxyl groups is 3.